The van der Waals surface area contributed by atoms with Crippen molar-refractivity contribution < 1.29 is 48.3 Å². The second-order valence-corrected chi connectivity index (χ2v) is 18.5. The summed E-state index contributed by atoms with van der Waals surface area (Å²) in [5, 5.41) is 18.7. The Hall–Kier alpha value is -5.14. The number of aliphatic hydroxyl groups is 2. The van der Waals surface area contributed by atoms with E-state index in [-0.39, 0.29) is 55.2 Å². The lowest BCUT2D eigenvalue weighted by molar-refractivity contribution is -0.142. The van der Waals surface area contributed by atoms with Crippen LogP contribution in [0.5, 0.6) is 0 Å². The van der Waals surface area contributed by atoms with E-state index in [9.17, 15) is 29.4 Å². The van der Waals surface area contributed by atoms with Crippen molar-refractivity contribution in [3.05, 3.63) is 89.5 Å². The van der Waals surface area contributed by atoms with Crippen LogP contribution in [0.4, 0.5) is 31.4 Å². The number of hydrogen-bond donors (Lipinski definition) is 2. The van der Waals surface area contributed by atoms with Gasteiger partial charge >= 0.3 is 24.2 Å². The molecule has 0 saturated carbocycles. The third kappa shape index (κ3) is 14.3. The van der Waals surface area contributed by atoms with Gasteiger partial charge in [-0.3, -0.25) is 19.5 Å². The van der Waals surface area contributed by atoms with Gasteiger partial charge in [0.1, 0.15) is 16.8 Å². The van der Waals surface area contributed by atoms with Gasteiger partial charge in [-0.25, -0.2) is 14.4 Å². The van der Waals surface area contributed by atoms with Gasteiger partial charge in [0.15, 0.2) is 0 Å². The molecule has 0 fully saturated rings. The van der Waals surface area contributed by atoms with Crippen molar-refractivity contribution in [2.75, 3.05) is 54.2 Å². The van der Waals surface area contributed by atoms with Crippen molar-refractivity contribution in [2.24, 2.45) is 17.8 Å². The van der Waals surface area contributed by atoms with Crippen molar-refractivity contribution in [3.63, 3.8) is 0 Å². The highest BCUT2D eigenvalue weighted by Gasteiger charge is 2.34. The zero-order valence-electron chi connectivity index (χ0n) is 37.0. The number of anilines is 3. The maximum Gasteiger partial charge on any atom is 0.414 e. The molecule has 0 aromatic heterocycles. The molecule has 60 heavy (non-hydrogen) atoms. The first-order valence-electron chi connectivity index (χ1n) is 20.7. The van der Waals surface area contributed by atoms with Crippen molar-refractivity contribution in [2.45, 2.75) is 105 Å². The van der Waals surface area contributed by atoms with Crippen LogP contribution in [0.2, 0.25) is 0 Å². The summed E-state index contributed by atoms with van der Waals surface area (Å²) in [6.45, 7) is 20.0. The van der Waals surface area contributed by atoms with Gasteiger partial charge in [-0.1, -0.05) is 54.6 Å². The van der Waals surface area contributed by atoms with E-state index < -0.39 is 16.8 Å². The van der Waals surface area contributed by atoms with Gasteiger partial charge in [0.25, 0.3) is 0 Å². The van der Waals surface area contributed by atoms with Crippen LogP contribution in [-0.2, 0) is 43.0 Å². The van der Waals surface area contributed by atoms with E-state index in [0.717, 1.165) is 53.0 Å². The number of fused-ring (bicyclic) bond motifs is 3. The first-order chi connectivity index (χ1) is 28.1. The fraction of sp³-hybridized carbons (Fsp3) is 0.532. The van der Waals surface area contributed by atoms with Crippen LogP contribution in [-0.4, -0.2) is 90.7 Å². The smallest absolute Gasteiger partial charge is 0.414 e. The quantitative estimate of drug-likeness (QED) is 0.194. The number of amides is 3. The van der Waals surface area contributed by atoms with Crippen LogP contribution in [0, 0.1) is 17.8 Å². The van der Waals surface area contributed by atoms with Crippen LogP contribution in [0.1, 0.15) is 85.9 Å². The van der Waals surface area contributed by atoms with E-state index in [1.165, 1.54) is 6.92 Å². The maximum atomic E-state index is 12.5. The minimum absolute atomic E-state index is 0.0717. The number of carbonyl (C=O) groups is 4. The predicted octanol–water partition coefficient (Wildman–Crippen LogP) is 8.35. The number of carbonyl (C=O) groups excluding carboxylic acids is 4. The van der Waals surface area contributed by atoms with Gasteiger partial charge in [-0.05, 0) is 116 Å². The molecule has 3 amide bonds. The number of benzene rings is 3. The van der Waals surface area contributed by atoms with Crippen LogP contribution in [0.25, 0.3) is 0 Å². The van der Waals surface area contributed by atoms with Gasteiger partial charge in [0.2, 0.25) is 0 Å². The molecule has 0 aliphatic carbocycles. The Balaban J connectivity index is 0.000000199. The summed E-state index contributed by atoms with van der Waals surface area (Å²) in [6.07, 6.45) is 1.31. The summed E-state index contributed by atoms with van der Waals surface area (Å²) in [5.41, 5.74) is 4.30. The highest BCUT2D eigenvalue weighted by atomic mass is 16.6. The number of esters is 1. The zero-order chi connectivity index (χ0) is 44.4. The molecule has 3 aromatic carbocycles. The van der Waals surface area contributed by atoms with E-state index in [0.29, 0.717) is 26.2 Å². The highest BCUT2D eigenvalue weighted by Crippen LogP contribution is 2.33. The molecule has 3 aliphatic rings. The van der Waals surface area contributed by atoms with E-state index in [2.05, 4.69) is 0 Å². The largest absolute Gasteiger partial charge is 0.465 e. The number of para-hydroxylation sites is 3. The van der Waals surface area contributed by atoms with Gasteiger partial charge in [-0.2, -0.15) is 0 Å². The summed E-state index contributed by atoms with van der Waals surface area (Å²) in [5.74, 6) is -0.0844. The molecule has 3 atom stereocenters. The average molecular weight is 832 g/mol. The number of rotatable bonds is 4. The topological polar surface area (TPSA) is 155 Å². The maximum absolute atomic E-state index is 12.5. The lowest BCUT2D eigenvalue weighted by Gasteiger charge is -2.35. The van der Waals surface area contributed by atoms with Crippen molar-refractivity contribution in [1.82, 2.24) is 0 Å². The third-order valence-corrected chi connectivity index (χ3v) is 9.58. The minimum Gasteiger partial charge on any atom is -0.465 e. The Morgan fingerprint density at radius 1 is 0.517 bits per heavy atom. The van der Waals surface area contributed by atoms with Crippen LogP contribution in [0.15, 0.2) is 72.8 Å². The number of aliphatic hydroxyl groups excluding tert-OH is 2. The van der Waals surface area contributed by atoms with Gasteiger partial charge in [-0.15, -0.1) is 0 Å². The molecule has 0 bridgehead atoms. The number of nitrogens with zero attached hydrogens (tertiary/aromatic N) is 3. The van der Waals surface area contributed by atoms with Crippen LogP contribution in [0.3, 0.4) is 0 Å². The van der Waals surface area contributed by atoms with Crippen molar-refractivity contribution in [3.8, 4) is 0 Å². The highest BCUT2D eigenvalue weighted by molar-refractivity contribution is 5.91. The molecule has 6 rings (SSSR count). The molecule has 2 N–H and O–H groups in total. The second kappa shape index (κ2) is 20.4. The standard InChI is InChI=1S/C17H23NO4.2C15H21NO3/c1-12(19)21-11-13-9-14-7-5-6-8-15(14)18(10-13)16(20)22-17(2,3)4;2*1-15(2,3)19-14(18)16-9-11(10-17)8-12-6-4-5-7-13(12)16/h5-8,13H,9-11H2,1-4H3;2*4-7,11,17H,8-10H2,1-3H3/t13-;11-;/m01./s1. The number of ether oxygens (including phenoxy) is 4. The monoisotopic (exact) mass is 831 g/mol. The van der Waals surface area contributed by atoms with E-state index >= 15 is 0 Å². The van der Waals surface area contributed by atoms with Gasteiger partial charge < -0.3 is 29.2 Å². The lowest BCUT2D eigenvalue weighted by atomic mass is 9.93. The fourth-order valence-corrected chi connectivity index (χ4v) is 7.10. The molecule has 0 saturated heterocycles. The first-order valence-corrected chi connectivity index (χ1v) is 20.7. The molecule has 13 nitrogen and oxygen atoms in total. The van der Waals surface area contributed by atoms with Crippen molar-refractivity contribution in [1.29, 1.82) is 0 Å². The van der Waals surface area contributed by atoms with Crippen molar-refractivity contribution >= 4 is 41.3 Å². The second-order valence-electron chi connectivity index (χ2n) is 18.5. The molecule has 3 heterocycles. The SMILES string of the molecule is CC(=O)OC[C@H]1Cc2ccccc2N(C(=O)OC(C)(C)C)C1.CC(C)(C)OC(=O)N1CC(CO)Cc2ccccc21.CC(C)(C)OC(=O)N1C[C@H](CO)Cc2ccccc21. The van der Waals surface area contributed by atoms with Crippen LogP contribution < -0.4 is 14.7 Å². The lowest BCUT2D eigenvalue weighted by Crippen LogP contribution is -2.44. The van der Waals surface area contributed by atoms with Gasteiger partial charge in [0, 0.05) is 57.5 Å². The normalized spacial score (nSPS) is 18.5. The number of hydrogen-bond acceptors (Lipinski definition) is 10. The summed E-state index contributed by atoms with van der Waals surface area (Å²) < 4.78 is 21.5. The van der Waals surface area contributed by atoms with E-state index in [1.807, 2.05) is 135 Å². The Morgan fingerprint density at radius 3 is 1.08 bits per heavy atom. The molecular weight excluding hydrogens is 767 g/mol. The van der Waals surface area contributed by atoms with Gasteiger partial charge in [0.05, 0.1) is 23.7 Å². The molecule has 0 radical (unpaired) electrons. The van der Waals surface area contributed by atoms with Crippen LogP contribution >= 0.6 is 0 Å². The Bertz CT molecular complexity index is 1840. The third-order valence-electron chi connectivity index (χ3n) is 9.58. The summed E-state index contributed by atoms with van der Waals surface area (Å²) in [7, 11) is 0. The summed E-state index contributed by atoms with van der Waals surface area (Å²) in [4.78, 5) is 52.9. The molecular formula is C47H65N3O10. The minimum atomic E-state index is -0.547. The molecule has 328 valence electrons. The Kier molecular flexibility index (Phi) is 16.2. The first kappa shape index (κ1) is 47.5. The summed E-state index contributed by atoms with van der Waals surface area (Å²) >= 11 is 0. The zero-order valence-corrected chi connectivity index (χ0v) is 37.0. The molecule has 0 spiro atoms. The summed E-state index contributed by atoms with van der Waals surface area (Å²) in [6, 6.07) is 23.3. The molecule has 3 aliphatic heterocycles. The molecule has 3 aromatic rings. The molecule has 13 heteroatoms. The van der Waals surface area contributed by atoms with E-state index in [4.69, 9.17) is 18.9 Å². The van der Waals surface area contributed by atoms with E-state index in [1.54, 1.807) is 14.7 Å². The Labute approximate surface area is 355 Å². The average Bonchev–Trinajstić information content (AvgIpc) is 3.17. The Morgan fingerprint density at radius 2 is 0.800 bits per heavy atom. The predicted molar refractivity (Wildman–Crippen MR) is 232 cm³/mol. The molecule has 1 unspecified atom stereocenters. The fourth-order valence-electron chi connectivity index (χ4n) is 7.10.